The van der Waals surface area contributed by atoms with Crippen molar-refractivity contribution in [2.24, 2.45) is 5.73 Å². The van der Waals surface area contributed by atoms with Crippen molar-refractivity contribution in [3.05, 3.63) is 18.2 Å². The first-order valence-corrected chi connectivity index (χ1v) is 6.78. The second-order valence-corrected chi connectivity index (χ2v) is 4.92. The van der Waals surface area contributed by atoms with Gasteiger partial charge in [-0.3, -0.25) is 4.90 Å². The average molecular weight is 236 g/mol. The molecule has 1 aliphatic rings. The maximum absolute atomic E-state index is 5.54. The molecule has 96 valence electrons. The summed E-state index contributed by atoms with van der Waals surface area (Å²) in [5.41, 5.74) is 6.72. The van der Waals surface area contributed by atoms with E-state index in [2.05, 4.69) is 27.6 Å². The van der Waals surface area contributed by atoms with E-state index in [-0.39, 0.29) is 0 Å². The zero-order valence-corrected chi connectivity index (χ0v) is 10.8. The second-order valence-electron chi connectivity index (χ2n) is 4.92. The number of imidazole rings is 1. The third-order valence-electron chi connectivity index (χ3n) is 3.66. The van der Waals surface area contributed by atoms with E-state index in [9.17, 15) is 0 Å². The van der Waals surface area contributed by atoms with Crippen LogP contribution >= 0.6 is 0 Å². The Balaban J connectivity index is 1.93. The molecule has 1 atom stereocenters. The molecule has 0 bridgehead atoms. The number of hydrogen-bond donors (Lipinski definition) is 1. The molecule has 1 unspecified atom stereocenters. The van der Waals surface area contributed by atoms with E-state index in [1.54, 1.807) is 0 Å². The summed E-state index contributed by atoms with van der Waals surface area (Å²) in [6.45, 7) is 6.05. The summed E-state index contributed by atoms with van der Waals surface area (Å²) in [7, 11) is 0. The molecule has 1 aliphatic heterocycles. The summed E-state index contributed by atoms with van der Waals surface area (Å²) in [4.78, 5) is 7.05. The molecular weight excluding hydrogens is 212 g/mol. The largest absolute Gasteiger partial charge is 0.336 e. The van der Waals surface area contributed by atoms with Gasteiger partial charge in [-0.2, -0.15) is 0 Å². The van der Waals surface area contributed by atoms with Crippen molar-refractivity contribution in [2.75, 3.05) is 13.1 Å². The SMILES string of the molecule is CCC1CCCCN1Cc1cn(CCN)cn1. The highest BCUT2D eigenvalue weighted by Gasteiger charge is 2.21. The summed E-state index contributed by atoms with van der Waals surface area (Å²) < 4.78 is 2.08. The van der Waals surface area contributed by atoms with Crippen LogP contribution < -0.4 is 5.73 Å². The molecule has 2 N–H and O–H groups in total. The van der Waals surface area contributed by atoms with Gasteiger partial charge in [0.1, 0.15) is 0 Å². The number of aromatic nitrogens is 2. The molecule has 0 amide bonds. The fraction of sp³-hybridized carbons (Fsp3) is 0.769. The van der Waals surface area contributed by atoms with Crippen molar-refractivity contribution in [1.29, 1.82) is 0 Å². The minimum Gasteiger partial charge on any atom is -0.336 e. The summed E-state index contributed by atoms with van der Waals surface area (Å²) in [6, 6.07) is 0.753. The Morgan fingerprint density at radius 1 is 1.47 bits per heavy atom. The Morgan fingerprint density at radius 2 is 2.35 bits per heavy atom. The maximum Gasteiger partial charge on any atom is 0.0950 e. The fourth-order valence-electron chi connectivity index (χ4n) is 2.70. The minimum atomic E-state index is 0.678. The topological polar surface area (TPSA) is 47.1 Å². The van der Waals surface area contributed by atoms with Crippen LogP contribution in [0.1, 0.15) is 38.3 Å². The van der Waals surface area contributed by atoms with Crippen molar-refractivity contribution >= 4 is 0 Å². The molecule has 0 radical (unpaired) electrons. The number of nitrogens with two attached hydrogens (primary N) is 1. The van der Waals surface area contributed by atoms with Crippen LogP contribution in [-0.4, -0.2) is 33.6 Å². The quantitative estimate of drug-likeness (QED) is 0.845. The fourth-order valence-corrected chi connectivity index (χ4v) is 2.70. The van der Waals surface area contributed by atoms with E-state index in [4.69, 9.17) is 5.73 Å². The normalized spacial score (nSPS) is 21.9. The predicted octanol–water partition coefficient (Wildman–Crippen LogP) is 1.61. The molecule has 1 aromatic heterocycles. The number of nitrogens with zero attached hydrogens (tertiary/aromatic N) is 3. The Labute approximate surface area is 104 Å². The Kier molecular flexibility index (Phi) is 4.57. The first-order chi connectivity index (χ1) is 8.33. The smallest absolute Gasteiger partial charge is 0.0950 e. The van der Waals surface area contributed by atoms with Gasteiger partial charge in [0.05, 0.1) is 12.0 Å². The zero-order valence-electron chi connectivity index (χ0n) is 10.8. The molecule has 0 aliphatic carbocycles. The molecule has 1 aromatic rings. The second kappa shape index (κ2) is 6.17. The highest BCUT2D eigenvalue weighted by atomic mass is 15.2. The van der Waals surface area contributed by atoms with E-state index in [0.29, 0.717) is 6.54 Å². The Morgan fingerprint density at radius 3 is 3.12 bits per heavy atom. The van der Waals surface area contributed by atoms with Crippen LogP contribution in [0.15, 0.2) is 12.5 Å². The van der Waals surface area contributed by atoms with Gasteiger partial charge in [0.2, 0.25) is 0 Å². The van der Waals surface area contributed by atoms with E-state index in [0.717, 1.165) is 19.1 Å². The van der Waals surface area contributed by atoms with Crippen molar-refractivity contribution in [1.82, 2.24) is 14.5 Å². The predicted molar refractivity (Wildman–Crippen MR) is 69.6 cm³/mol. The lowest BCUT2D eigenvalue weighted by atomic mass is 10.00. The first kappa shape index (κ1) is 12.6. The molecule has 0 spiro atoms. The molecule has 2 heterocycles. The number of likely N-dealkylation sites (tertiary alicyclic amines) is 1. The third kappa shape index (κ3) is 3.30. The number of rotatable bonds is 5. The van der Waals surface area contributed by atoms with Crippen LogP contribution in [0, 0.1) is 0 Å². The highest BCUT2D eigenvalue weighted by molar-refractivity contribution is 4.97. The minimum absolute atomic E-state index is 0.678. The van der Waals surface area contributed by atoms with Crippen LogP contribution in [0.2, 0.25) is 0 Å². The molecule has 4 nitrogen and oxygen atoms in total. The molecule has 1 saturated heterocycles. The van der Waals surface area contributed by atoms with E-state index in [1.807, 2.05) is 6.33 Å². The zero-order chi connectivity index (χ0) is 12.1. The summed E-state index contributed by atoms with van der Waals surface area (Å²) in [5, 5.41) is 0. The lowest BCUT2D eigenvalue weighted by molar-refractivity contribution is 0.134. The molecular formula is C13H24N4. The van der Waals surface area contributed by atoms with Crippen LogP contribution in [0.3, 0.4) is 0 Å². The standard InChI is InChI=1S/C13H24N4/c1-2-13-5-3-4-7-17(13)10-12-9-16(8-6-14)11-15-12/h9,11,13H,2-8,10,14H2,1H3. The summed E-state index contributed by atoms with van der Waals surface area (Å²) in [6.07, 6.45) is 9.35. The van der Waals surface area contributed by atoms with Gasteiger partial charge in [0.25, 0.3) is 0 Å². The van der Waals surface area contributed by atoms with Crippen LogP contribution in [0.25, 0.3) is 0 Å². The first-order valence-electron chi connectivity index (χ1n) is 6.78. The van der Waals surface area contributed by atoms with Gasteiger partial charge < -0.3 is 10.3 Å². The summed E-state index contributed by atoms with van der Waals surface area (Å²) in [5.74, 6) is 0. The van der Waals surface area contributed by atoms with E-state index >= 15 is 0 Å². The summed E-state index contributed by atoms with van der Waals surface area (Å²) >= 11 is 0. The molecule has 4 heteroatoms. The van der Waals surface area contributed by atoms with Gasteiger partial charge in [-0.1, -0.05) is 13.3 Å². The highest BCUT2D eigenvalue weighted by Crippen LogP contribution is 2.21. The monoisotopic (exact) mass is 236 g/mol. The van der Waals surface area contributed by atoms with E-state index in [1.165, 1.54) is 37.9 Å². The Bertz CT molecular complexity index is 334. The van der Waals surface area contributed by atoms with Gasteiger partial charge in [0, 0.05) is 31.9 Å². The maximum atomic E-state index is 5.54. The van der Waals surface area contributed by atoms with Crippen LogP contribution in [-0.2, 0) is 13.1 Å². The third-order valence-corrected chi connectivity index (χ3v) is 3.66. The van der Waals surface area contributed by atoms with Crippen molar-refractivity contribution in [3.63, 3.8) is 0 Å². The molecule has 17 heavy (non-hydrogen) atoms. The van der Waals surface area contributed by atoms with Crippen LogP contribution in [0.4, 0.5) is 0 Å². The van der Waals surface area contributed by atoms with Gasteiger partial charge in [-0.25, -0.2) is 4.98 Å². The van der Waals surface area contributed by atoms with E-state index < -0.39 is 0 Å². The van der Waals surface area contributed by atoms with Gasteiger partial charge in [0.15, 0.2) is 0 Å². The molecule has 0 aromatic carbocycles. The van der Waals surface area contributed by atoms with Gasteiger partial charge in [-0.15, -0.1) is 0 Å². The Hall–Kier alpha value is -0.870. The lowest BCUT2D eigenvalue weighted by Crippen LogP contribution is -2.38. The number of piperidine rings is 1. The molecule has 1 fully saturated rings. The van der Waals surface area contributed by atoms with Crippen LogP contribution in [0.5, 0.6) is 0 Å². The van der Waals surface area contributed by atoms with Crippen molar-refractivity contribution < 1.29 is 0 Å². The average Bonchev–Trinajstić information content (AvgIpc) is 2.78. The number of hydrogen-bond acceptors (Lipinski definition) is 3. The van der Waals surface area contributed by atoms with Crippen molar-refractivity contribution in [3.8, 4) is 0 Å². The van der Waals surface area contributed by atoms with Gasteiger partial charge >= 0.3 is 0 Å². The van der Waals surface area contributed by atoms with Crippen molar-refractivity contribution in [2.45, 2.75) is 51.7 Å². The van der Waals surface area contributed by atoms with Gasteiger partial charge in [-0.05, 0) is 25.8 Å². The molecule has 0 saturated carbocycles. The lowest BCUT2D eigenvalue weighted by Gasteiger charge is -2.34. The molecule has 2 rings (SSSR count).